The van der Waals surface area contributed by atoms with E-state index < -0.39 is 5.97 Å². The number of hydrogen-bond donors (Lipinski definition) is 1. The van der Waals surface area contributed by atoms with Gasteiger partial charge < -0.3 is 9.84 Å². The van der Waals surface area contributed by atoms with Crippen LogP contribution in [0.4, 0.5) is 0 Å². The number of carbonyl (C=O) groups is 1. The summed E-state index contributed by atoms with van der Waals surface area (Å²) in [5.74, 6) is -0.716. The summed E-state index contributed by atoms with van der Waals surface area (Å²) in [7, 11) is 0. The van der Waals surface area contributed by atoms with Crippen LogP contribution in [0.1, 0.15) is 45.4 Å². The van der Waals surface area contributed by atoms with Crippen molar-refractivity contribution in [3.05, 3.63) is 36.5 Å². The molecule has 3 nitrogen and oxygen atoms in total. The maximum absolute atomic E-state index is 10.4. The zero-order chi connectivity index (χ0) is 14.0. The van der Waals surface area contributed by atoms with Gasteiger partial charge in [-0.1, -0.05) is 37.3 Å². The molecule has 0 radical (unpaired) electrons. The van der Waals surface area contributed by atoms with E-state index in [2.05, 4.69) is 31.2 Å². The lowest BCUT2D eigenvalue weighted by Gasteiger charge is -2.28. The molecular weight excluding hydrogens is 240 g/mol. The van der Waals surface area contributed by atoms with E-state index >= 15 is 0 Å². The summed E-state index contributed by atoms with van der Waals surface area (Å²) >= 11 is 0. The first-order valence-electron chi connectivity index (χ1n) is 7.06. The molecule has 1 aliphatic rings. The SMILES string of the molecule is CCCOC1(C=CCCCCC(=O)O)C=CC=CC1. The Morgan fingerprint density at radius 1 is 1.42 bits per heavy atom. The minimum Gasteiger partial charge on any atom is -0.481 e. The van der Waals surface area contributed by atoms with Crippen LogP contribution in [0.2, 0.25) is 0 Å². The van der Waals surface area contributed by atoms with Crippen molar-refractivity contribution in [3.8, 4) is 0 Å². The van der Waals surface area contributed by atoms with Crippen molar-refractivity contribution in [3.63, 3.8) is 0 Å². The quantitative estimate of drug-likeness (QED) is 0.508. The molecule has 0 aromatic carbocycles. The fraction of sp³-hybridized carbons (Fsp3) is 0.562. The lowest BCUT2D eigenvalue weighted by atomic mass is 9.94. The number of carboxylic acids is 1. The van der Waals surface area contributed by atoms with Crippen LogP contribution in [0, 0.1) is 0 Å². The van der Waals surface area contributed by atoms with E-state index in [0.717, 1.165) is 38.7 Å². The second-order valence-corrected chi connectivity index (χ2v) is 4.84. The summed E-state index contributed by atoms with van der Waals surface area (Å²) in [6.07, 6.45) is 17.2. The minimum absolute atomic E-state index is 0.258. The predicted octanol–water partition coefficient (Wildman–Crippen LogP) is 3.87. The van der Waals surface area contributed by atoms with E-state index in [0.29, 0.717) is 0 Å². The van der Waals surface area contributed by atoms with E-state index in [9.17, 15) is 4.79 Å². The molecule has 0 aromatic heterocycles. The number of carboxylic acid groups (broad SMARTS) is 1. The number of allylic oxidation sites excluding steroid dienone is 3. The lowest BCUT2D eigenvalue weighted by Crippen LogP contribution is -2.28. The molecule has 106 valence electrons. The molecule has 0 heterocycles. The standard InChI is InChI=1S/C16H24O3/c1-2-14-19-16(12-8-5-9-13-16)11-7-4-3-6-10-15(17)18/h5,7-9,11-12H,2-4,6,10,13-14H2,1H3,(H,17,18). The molecule has 0 aliphatic heterocycles. The van der Waals surface area contributed by atoms with Gasteiger partial charge in [-0.2, -0.15) is 0 Å². The maximum atomic E-state index is 10.4. The number of unbranched alkanes of at least 4 members (excludes halogenated alkanes) is 2. The van der Waals surface area contributed by atoms with Gasteiger partial charge >= 0.3 is 5.97 Å². The van der Waals surface area contributed by atoms with E-state index in [1.54, 1.807) is 0 Å². The van der Waals surface area contributed by atoms with Gasteiger partial charge in [-0.15, -0.1) is 0 Å². The molecular formula is C16H24O3. The monoisotopic (exact) mass is 264 g/mol. The maximum Gasteiger partial charge on any atom is 0.303 e. The Hall–Kier alpha value is -1.35. The summed E-state index contributed by atoms with van der Waals surface area (Å²) in [6, 6.07) is 0. The number of aliphatic carboxylic acids is 1. The zero-order valence-electron chi connectivity index (χ0n) is 11.7. The van der Waals surface area contributed by atoms with E-state index in [-0.39, 0.29) is 12.0 Å². The highest BCUT2D eigenvalue weighted by atomic mass is 16.5. The summed E-state index contributed by atoms with van der Waals surface area (Å²) in [4.78, 5) is 10.4. The molecule has 19 heavy (non-hydrogen) atoms. The van der Waals surface area contributed by atoms with Crippen LogP contribution in [0.5, 0.6) is 0 Å². The van der Waals surface area contributed by atoms with Crippen LogP contribution < -0.4 is 0 Å². The van der Waals surface area contributed by atoms with Gasteiger partial charge in [-0.25, -0.2) is 0 Å². The number of ether oxygens (including phenoxy) is 1. The normalized spacial score (nSPS) is 22.2. The predicted molar refractivity (Wildman–Crippen MR) is 77.1 cm³/mol. The minimum atomic E-state index is -0.716. The van der Waals surface area contributed by atoms with Crippen LogP contribution in [0.15, 0.2) is 36.5 Å². The molecule has 0 saturated carbocycles. The van der Waals surface area contributed by atoms with Crippen LogP contribution in [0.25, 0.3) is 0 Å². The third-order valence-corrected chi connectivity index (χ3v) is 3.05. The van der Waals surface area contributed by atoms with Gasteiger partial charge in [0, 0.05) is 19.4 Å². The van der Waals surface area contributed by atoms with Crippen molar-refractivity contribution in [2.24, 2.45) is 0 Å². The summed E-state index contributed by atoms with van der Waals surface area (Å²) in [5.41, 5.74) is -0.294. The highest BCUT2D eigenvalue weighted by molar-refractivity contribution is 5.66. The number of rotatable bonds is 9. The van der Waals surface area contributed by atoms with E-state index in [4.69, 9.17) is 9.84 Å². The van der Waals surface area contributed by atoms with Crippen LogP contribution >= 0.6 is 0 Å². The molecule has 1 rings (SSSR count). The molecule has 1 unspecified atom stereocenters. The smallest absolute Gasteiger partial charge is 0.303 e. The Balaban J connectivity index is 2.37. The zero-order valence-corrected chi connectivity index (χ0v) is 11.7. The first kappa shape index (κ1) is 15.7. The number of hydrogen-bond acceptors (Lipinski definition) is 2. The van der Waals surface area contributed by atoms with Gasteiger partial charge in [0.2, 0.25) is 0 Å². The second-order valence-electron chi connectivity index (χ2n) is 4.84. The van der Waals surface area contributed by atoms with Gasteiger partial charge in [-0.3, -0.25) is 4.79 Å². The van der Waals surface area contributed by atoms with Crippen molar-refractivity contribution in [1.29, 1.82) is 0 Å². The highest BCUT2D eigenvalue weighted by Crippen LogP contribution is 2.25. The highest BCUT2D eigenvalue weighted by Gasteiger charge is 2.23. The van der Waals surface area contributed by atoms with Crippen molar-refractivity contribution in [1.82, 2.24) is 0 Å². The molecule has 1 N–H and O–H groups in total. The Morgan fingerprint density at radius 2 is 2.26 bits per heavy atom. The van der Waals surface area contributed by atoms with Crippen LogP contribution in [-0.2, 0) is 9.53 Å². The van der Waals surface area contributed by atoms with Crippen molar-refractivity contribution < 1.29 is 14.6 Å². The largest absolute Gasteiger partial charge is 0.481 e. The van der Waals surface area contributed by atoms with E-state index in [1.165, 1.54) is 0 Å². The van der Waals surface area contributed by atoms with Crippen LogP contribution in [0.3, 0.4) is 0 Å². The molecule has 0 bridgehead atoms. The van der Waals surface area contributed by atoms with Crippen LogP contribution in [-0.4, -0.2) is 23.3 Å². The summed E-state index contributed by atoms with van der Waals surface area (Å²) in [5, 5.41) is 8.56. The Bertz CT molecular complexity index is 355. The first-order valence-corrected chi connectivity index (χ1v) is 7.06. The Labute approximate surface area is 115 Å². The van der Waals surface area contributed by atoms with Gasteiger partial charge in [0.1, 0.15) is 5.60 Å². The molecule has 0 aromatic rings. The van der Waals surface area contributed by atoms with Crippen molar-refractivity contribution in [2.75, 3.05) is 6.61 Å². The molecule has 0 spiro atoms. The summed E-state index contributed by atoms with van der Waals surface area (Å²) < 4.78 is 5.95. The van der Waals surface area contributed by atoms with Gasteiger partial charge in [-0.05, 0) is 31.8 Å². The third kappa shape index (κ3) is 6.39. The lowest BCUT2D eigenvalue weighted by molar-refractivity contribution is -0.137. The third-order valence-electron chi connectivity index (χ3n) is 3.05. The molecule has 1 aliphatic carbocycles. The van der Waals surface area contributed by atoms with Crippen molar-refractivity contribution in [2.45, 2.75) is 51.0 Å². The van der Waals surface area contributed by atoms with Gasteiger partial charge in [0.25, 0.3) is 0 Å². The average Bonchev–Trinajstić information content (AvgIpc) is 2.41. The molecule has 0 fully saturated rings. The van der Waals surface area contributed by atoms with Gasteiger partial charge in [0.05, 0.1) is 0 Å². The first-order chi connectivity index (χ1) is 9.18. The molecule has 0 amide bonds. The molecule has 3 heteroatoms. The molecule has 0 saturated heterocycles. The molecule has 1 atom stereocenters. The summed E-state index contributed by atoms with van der Waals surface area (Å²) in [6.45, 7) is 2.85. The fourth-order valence-corrected chi connectivity index (χ4v) is 2.01. The van der Waals surface area contributed by atoms with Gasteiger partial charge in [0.15, 0.2) is 0 Å². The second kappa shape index (κ2) is 8.70. The Kier molecular flexibility index (Phi) is 7.19. The fourth-order valence-electron chi connectivity index (χ4n) is 2.01. The topological polar surface area (TPSA) is 46.5 Å². The Morgan fingerprint density at radius 3 is 2.89 bits per heavy atom. The average molecular weight is 264 g/mol. The van der Waals surface area contributed by atoms with Crippen molar-refractivity contribution >= 4 is 5.97 Å². The van der Waals surface area contributed by atoms with E-state index in [1.807, 2.05) is 12.2 Å².